The van der Waals surface area contributed by atoms with Gasteiger partial charge in [-0.05, 0) is 30.9 Å². The van der Waals surface area contributed by atoms with Gasteiger partial charge in [-0.2, -0.15) is 0 Å². The van der Waals surface area contributed by atoms with Gasteiger partial charge in [0.2, 0.25) is 10.0 Å². The first-order valence-corrected chi connectivity index (χ1v) is 8.43. The van der Waals surface area contributed by atoms with E-state index in [1.54, 1.807) is 6.07 Å². The second-order valence-electron chi connectivity index (χ2n) is 4.68. The molecule has 0 saturated heterocycles. The van der Waals surface area contributed by atoms with E-state index in [4.69, 9.17) is 22.4 Å². The molecule has 0 saturated carbocycles. The van der Waals surface area contributed by atoms with Gasteiger partial charge in [0.15, 0.2) is 0 Å². The van der Waals surface area contributed by atoms with Crippen LogP contribution in [0.3, 0.4) is 0 Å². The zero-order valence-electron chi connectivity index (χ0n) is 11.5. The van der Waals surface area contributed by atoms with E-state index in [-0.39, 0.29) is 34.7 Å². The number of halogens is 1. The summed E-state index contributed by atoms with van der Waals surface area (Å²) in [6.07, 6.45) is 2.34. The average Bonchev–Trinajstić information content (AvgIpc) is 2.36. The lowest BCUT2D eigenvalue weighted by atomic mass is 10.0. The standard InChI is InChI=1S/C13H21ClN2O3S/c1-2-4-10(7-8-17)9-16-20(18,19)13-11(14)5-3-6-12(13)15/h3,5-6,10,16-17H,2,4,7-9,15H2,1H3. The van der Waals surface area contributed by atoms with Crippen molar-refractivity contribution in [3.8, 4) is 0 Å². The summed E-state index contributed by atoms with van der Waals surface area (Å²) in [4.78, 5) is -0.0825. The van der Waals surface area contributed by atoms with E-state index in [1.807, 2.05) is 6.92 Å². The molecular weight excluding hydrogens is 300 g/mol. The Kier molecular flexibility index (Phi) is 6.75. The van der Waals surface area contributed by atoms with Gasteiger partial charge in [-0.15, -0.1) is 0 Å². The van der Waals surface area contributed by atoms with Gasteiger partial charge < -0.3 is 10.8 Å². The Bertz CT molecular complexity index is 508. The molecule has 0 aliphatic rings. The summed E-state index contributed by atoms with van der Waals surface area (Å²) in [6, 6.07) is 4.59. The molecule has 1 aromatic rings. The van der Waals surface area contributed by atoms with Crippen LogP contribution in [-0.2, 0) is 10.0 Å². The molecule has 0 aromatic heterocycles. The molecule has 0 bridgehead atoms. The number of hydrogen-bond acceptors (Lipinski definition) is 4. The number of rotatable bonds is 8. The van der Waals surface area contributed by atoms with E-state index in [1.165, 1.54) is 12.1 Å². The fourth-order valence-electron chi connectivity index (χ4n) is 2.05. The van der Waals surface area contributed by atoms with Crippen LogP contribution in [0.15, 0.2) is 23.1 Å². The minimum Gasteiger partial charge on any atom is -0.398 e. The summed E-state index contributed by atoms with van der Waals surface area (Å²) < 4.78 is 27.0. The van der Waals surface area contributed by atoms with Gasteiger partial charge >= 0.3 is 0 Å². The van der Waals surface area contributed by atoms with Gasteiger partial charge in [-0.3, -0.25) is 0 Å². The Morgan fingerprint density at radius 2 is 2.10 bits per heavy atom. The van der Waals surface area contributed by atoms with E-state index in [2.05, 4.69) is 4.72 Å². The van der Waals surface area contributed by atoms with Gasteiger partial charge in [-0.1, -0.05) is 31.0 Å². The summed E-state index contributed by atoms with van der Waals surface area (Å²) in [5.74, 6) is 0.100. The van der Waals surface area contributed by atoms with Crippen molar-refractivity contribution >= 4 is 27.3 Å². The van der Waals surface area contributed by atoms with E-state index >= 15 is 0 Å². The summed E-state index contributed by atoms with van der Waals surface area (Å²) in [6.45, 7) is 2.33. The highest BCUT2D eigenvalue weighted by Crippen LogP contribution is 2.27. The fourth-order valence-corrected chi connectivity index (χ4v) is 3.84. The number of benzene rings is 1. The molecule has 0 fully saturated rings. The molecule has 20 heavy (non-hydrogen) atoms. The largest absolute Gasteiger partial charge is 0.398 e. The molecular formula is C13H21ClN2O3S. The van der Waals surface area contributed by atoms with Crippen molar-refractivity contribution in [3.63, 3.8) is 0 Å². The van der Waals surface area contributed by atoms with Gasteiger partial charge in [0.1, 0.15) is 4.90 Å². The summed E-state index contributed by atoms with van der Waals surface area (Å²) in [5.41, 5.74) is 5.81. The number of nitrogens with two attached hydrogens (primary N) is 1. The molecule has 1 aromatic carbocycles. The Morgan fingerprint density at radius 3 is 2.65 bits per heavy atom. The maximum atomic E-state index is 12.2. The molecule has 1 rings (SSSR count). The maximum Gasteiger partial charge on any atom is 0.244 e. The van der Waals surface area contributed by atoms with Crippen molar-refractivity contribution in [1.29, 1.82) is 0 Å². The topological polar surface area (TPSA) is 92.4 Å². The van der Waals surface area contributed by atoms with E-state index < -0.39 is 10.0 Å². The summed E-state index contributed by atoms with van der Waals surface area (Å²) >= 11 is 5.91. The number of hydrogen-bond donors (Lipinski definition) is 3. The summed E-state index contributed by atoms with van der Waals surface area (Å²) in [5, 5.41) is 9.08. The third-order valence-electron chi connectivity index (χ3n) is 3.06. The van der Waals surface area contributed by atoms with Crippen LogP contribution in [-0.4, -0.2) is 26.7 Å². The normalized spacial score (nSPS) is 13.3. The van der Waals surface area contributed by atoms with Crippen LogP contribution in [0.25, 0.3) is 0 Å². The molecule has 0 aliphatic carbocycles. The quantitative estimate of drug-likeness (QED) is 0.639. The van der Waals surface area contributed by atoms with Crippen LogP contribution in [0.2, 0.25) is 5.02 Å². The second kappa shape index (κ2) is 7.83. The third-order valence-corrected chi connectivity index (χ3v) is 5.03. The number of sulfonamides is 1. The van der Waals surface area contributed by atoms with Crippen molar-refractivity contribution in [1.82, 2.24) is 4.72 Å². The van der Waals surface area contributed by atoms with Gasteiger partial charge in [-0.25, -0.2) is 13.1 Å². The monoisotopic (exact) mass is 320 g/mol. The highest BCUT2D eigenvalue weighted by molar-refractivity contribution is 7.89. The lowest BCUT2D eigenvalue weighted by Crippen LogP contribution is -2.30. The maximum absolute atomic E-state index is 12.2. The predicted molar refractivity (Wildman–Crippen MR) is 81.2 cm³/mol. The van der Waals surface area contributed by atoms with Crippen molar-refractivity contribution in [2.45, 2.75) is 31.1 Å². The summed E-state index contributed by atoms with van der Waals surface area (Å²) in [7, 11) is -3.74. The first kappa shape index (κ1) is 17.2. The fraction of sp³-hybridized carbons (Fsp3) is 0.538. The van der Waals surface area contributed by atoms with Crippen molar-refractivity contribution in [3.05, 3.63) is 23.2 Å². The van der Waals surface area contributed by atoms with Gasteiger partial charge in [0.05, 0.1) is 10.7 Å². The van der Waals surface area contributed by atoms with Crippen LogP contribution < -0.4 is 10.5 Å². The Balaban J connectivity index is 2.84. The van der Waals surface area contributed by atoms with Crippen molar-refractivity contribution < 1.29 is 13.5 Å². The Hall–Kier alpha value is -0.820. The minimum atomic E-state index is -3.74. The van der Waals surface area contributed by atoms with Crippen molar-refractivity contribution in [2.75, 3.05) is 18.9 Å². The lowest BCUT2D eigenvalue weighted by molar-refractivity contribution is 0.251. The molecule has 0 heterocycles. The number of aliphatic hydroxyl groups excluding tert-OH is 1. The zero-order valence-corrected chi connectivity index (χ0v) is 13.0. The number of nitrogens with one attached hydrogen (secondary N) is 1. The minimum absolute atomic E-state index is 0.0423. The van der Waals surface area contributed by atoms with Crippen molar-refractivity contribution in [2.24, 2.45) is 5.92 Å². The van der Waals surface area contributed by atoms with Gasteiger partial charge in [0.25, 0.3) is 0 Å². The van der Waals surface area contributed by atoms with E-state index in [9.17, 15) is 8.42 Å². The zero-order chi connectivity index (χ0) is 15.2. The smallest absolute Gasteiger partial charge is 0.244 e. The predicted octanol–water partition coefficient (Wildman–Crippen LogP) is 2.00. The Labute approximate surface area is 125 Å². The molecule has 0 spiro atoms. The van der Waals surface area contributed by atoms with E-state index in [0.717, 1.165) is 12.8 Å². The number of nitrogen functional groups attached to an aromatic ring is 1. The molecule has 5 nitrogen and oxygen atoms in total. The highest BCUT2D eigenvalue weighted by Gasteiger charge is 2.22. The number of aliphatic hydroxyl groups is 1. The first-order chi connectivity index (χ1) is 9.42. The third kappa shape index (κ3) is 4.63. The highest BCUT2D eigenvalue weighted by atomic mass is 35.5. The van der Waals surface area contributed by atoms with Gasteiger partial charge in [0, 0.05) is 13.2 Å². The molecule has 0 radical (unpaired) electrons. The molecule has 4 N–H and O–H groups in total. The molecule has 0 amide bonds. The molecule has 1 unspecified atom stereocenters. The first-order valence-electron chi connectivity index (χ1n) is 6.56. The van der Waals surface area contributed by atoms with Crippen LogP contribution in [0.1, 0.15) is 26.2 Å². The molecule has 0 aliphatic heterocycles. The Morgan fingerprint density at radius 1 is 1.40 bits per heavy atom. The van der Waals surface area contributed by atoms with Crippen LogP contribution in [0.4, 0.5) is 5.69 Å². The second-order valence-corrected chi connectivity index (χ2v) is 6.79. The van der Waals surface area contributed by atoms with E-state index in [0.29, 0.717) is 6.42 Å². The van der Waals surface area contributed by atoms with Crippen LogP contribution in [0.5, 0.6) is 0 Å². The lowest BCUT2D eigenvalue weighted by Gasteiger charge is -2.17. The SMILES string of the molecule is CCCC(CCO)CNS(=O)(=O)c1c(N)cccc1Cl. The van der Waals surface area contributed by atoms with Crippen LogP contribution >= 0.6 is 11.6 Å². The molecule has 1 atom stereocenters. The molecule has 7 heteroatoms. The average molecular weight is 321 g/mol. The van der Waals surface area contributed by atoms with Crippen LogP contribution in [0, 0.1) is 5.92 Å². The molecule has 114 valence electrons. The number of anilines is 1.